The molecule has 2 heterocycles. The lowest BCUT2D eigenvalue weighted by molar-refractivity contribution is 0.347. The summed E-state index contributed by atoms with van der Waals surface area (Å²) in [6.45, 7) is 0.207. The molecule has 35 heavy (non-hydrogen) atoms. The molecular formula is C26H22N3O5P. The van der Waals surface area contributed by atoms with Crippen molar-refractivity contribution < 1.29 is 18.8 Å². The molecule has 2 aromatic heterocycles. The summed E-state index contributed by atoms with van der Waals surface area (Å²) in [5.74, 6) is -1.40. The molecule has 0 aliphatic carbocycles. The Kier molecular flexibility index (Phi) is 6.19. The first-order valence-corrected chi connectivity index (χ1v) is 12.6. The van der Waals surface area contributed by atoms with Crippen molar-refractivity contribution in [1.82, 2.24) is 15.1 Å². The fraction of sp³-hybridized carbons (Fsp3) is 0.0769. The third-order valence-electron chi connectivity index (χ3n) is 5.63. The van der Waals surface area contributed by atoms with Crippen LogP contribution in [0.25, 0.3) is 27.9 Å². The van der Waals surface area contributed by atoms with Crippen LogP contribution in [0.15, 0.2) is 106 Å². The van der Waals surface area contributed by atoms with Gasteiger partial charge < -0.3 is 14.2 Å². The third-order valence-corrected chi connectivity index (χ3v) is 6.77. The van der Waals surface area contributed by atoms with Crippen molar-refractivity contribution in [1.29, 1.82) is 0 Å². The summed E-state index contributed by atoms with van der Waals surface area (Å²) in [6, 6.07) is 27.1. The van der Waals surface area contributed by atoms with Crippen LogP contribution in [0.2, 0.25) is 0 Å². The van der Waals surface area contributed by atoms with Crippen LogP contribution in [-0.2, 0) is 11.1 Å². The van der Waals surface area contributed by atoms with Gasteiger partial charge in [0.1, 0.15) is 17.1 Å². The van der Waals surface area contributed by atoms with E-state index >= 15 is 0 Å². The maximum absolute atomic E-state index is 13.0. The fourth-order valence-corrected chi connectivity index (χ4v) is 4.84. The summed E-state index contributed by atoms with van der Waals surface area (Å²) in [7, 11) is -4.72. The molecule has 1 atom stereocenters. The Morgan fingerprint density at radius 1 is 0.943 bits per heavy atom. The minimum Gasteiger partial charge on any atom is -0.422 e. The Labute approximate surface area is 200 Å². The first-order valence-electron chi connectivity index (χ1n) is 10.9. The molecule has 0 aliphatic heterocycles. The van der Waals surface area contributed by atoms with Gasteiger partial charge >= 0.3 is 13.2 Å². The highest BCUT2D eigenvalue weighted by atomic mass is 31.2. The van der Waals surface area contributed by atoms with Crippen molar-refractivity contribution in [2.24, 2.45) is 0 Å². The van der Waals surface area contributed by atoms with E-state index in [2.05, 4.69) is 10.4 Å². The lowest BCUT2D eigenvalue weighted by atomic mass is 10.1. The van der Waals surface area contributed by atoms with Crippen molar-refractivity contribution in [2.75, 3.05) is 0 Å². The second-order valence-corrected chi connectivity index (χ2v) is 9.75. The molecule has 0 amide bonds. The van der Waals surface area contributed by atoms with Gasteiger partial charge in [0.05, 0.1) is 11.3 Å². The van der Waals surface area contributed by atoms with Crippen LogP contribution in [0.5, 0.6) is 0 Å². The number of rotatable bonds is 7. The summed E-state index contributed by atoms with van der Waals surface area (Å²) in [4.78, 5) is 33.6. The van der Waals surface area contributed by atoms with Crippen LogP contribution >= 0.6 is 7.60 Å². The monoisotopic (exact) mass is 487 g/mol. The average molecular weight is 487 g/mol. The molecule has 0 spiro atoms. The van der Waals surface area contributed by atoms with E-state index in [4.69, 9.17) is 4.42 Å². The largest absolute Gasteiger partial charge is 0.422 e. The van der Waals surface area contributed by atoms with Gasteiger partial charge in [-0.2, -0.15) is 5.10 Å². The minimum atomic E-state index is -4.72. The van der Waals surface area contributed by atoms with Gasteiger partial charge in [-0.15, -0.1) is 0 Å². The number of benzene rings is 3. The van der Waals surface area contributed by atoms with E-state index < -0.39 is 19.0 Å². The van der Waals surface area contributed by atoms with E-state index in [1.165, 1.54) is 4.68 Å². The summed E-state index contributed by atoms with van der Waals surface area (Å²) < 4.78 is 19.7. The zero-order valence-corrected chi connectivity index (χ0v) is 19.4. The van der Waals surface area contributed by atoms with Gasteiger partial charge in [-0.3, -0.25) is 9.88 Å². The Bertz CT molecular complexity index is 1580. The van der Waals surface area contributed by atoms with E-state index in [0.29, 0.717) is 16.7 Å². The first kappa shape index (κ1) is 23.0. The predicted octanol–water partition coefficient (Wildman–Crippen LogP) is 4.61. The van der Waals surface area contributed by atoms with E-state index in [0.717, 1.165) is 5.56 Å². The highest BCUT2D eigenvalue weighted by molar-refractivity contribution is 7.52. The van der Waals surface area contributed by atoms with Gasteiger partial charge in [-0.1, -0.05) is 66.7 Å². The molecule has 0 saturated heterocycles. The minimum absolute atomic E-state index is 0.119. The standard InChI is InChI=1S/C26H22N3O5P/c30-26-21(15-19-11-7-8-14-23(19)34-26)24-22(17-29(28-24)20-12-5-2-6-13-20)25(35(31,32)33)27-16-18-9-3-1-4-10-18/h1-15,17,25,27H,16H2,(H2,31,32,33)/t25-/m1/s1. The molecule has 176 valence electrons. The molecule has 3 N–H and O–H groups in total. The topological polar surface area (TPSA) is 118 Å². The predicted molar refractivity (Wildman–Crippen MR) is 133 cm³/mol. The van der Waals surface area contributed by atoms with Crippen LogP contribution < -0.4 is 10.9 Å². The van der Waals surface area contributed by atoms with Crippen molar-refractivity contribution in [3.63, 3.8) is 0 Å². The Morgan fingerprint density at radius 2 is 1.60 bits per heavy atom. The maximum Gasteiger partial charge on any atom is 0.346 e. The number of hydrogen-bond donors (Lipinski definition) is 3. The van der Waals surface area contributed by atoms with Gasteiger partial charge in [-0.25, -0.2) is 9.48 Å². The molecule has 5 rings (SSSR count). The molecule has 0 radical (unpaired) electrons. The van der Waals surface area contributed by atoms with E-state index in [9.17, 15) is 19.1 Å². The number of fused-ring (bicyclic) bond motifs is 1. The Hall–Kier alpha value is -3.81. The Balaban J connectivity index is 1.67. The van der Waals surface area contributed by atoms with Gasteiger partial charge in [-0.05, 0) is 29.8 Å². The fourth-order valence-electron chi connectivity index (χ4n) is 3.96. The van der Waals surface area contributed by atoms with E-state index in [-0.39, 0.29) is 23.4 Å². The highest BCUT2D eigenvalue weighted by Gasteiger charge is 2.35. The average Bonchev–Trinajstić information content (AvgIpc) is 3.29. The molecule has 3 aromatic carbocycles. The molecule has 8 nitrogen and oxygen atoms in total. The van der Waals surface area contributed by atoms with E-state index in [1.54, 1.807) is 30.5 Å². The van der Waals surface area contributed by atoms with Crippen molar-refractivity contribution in [2.45, 2.75) is 12.3 Å². The molecule has 0 aliphatic rings. The second-order valence-electron chi connectivity index (χ2n) is 8.06. The SMILES string of the molecule is O=c1oc2ccccc2cc1-c1nn(-c2ccccc2)cc1[C@H](NCc1ccccc1)P(=O)(O)O. The summed E-state index contributed by atoms with van der Waals surface area (Å²) in [5, 5.41) is 8.23. The normalized spacial score (nSPS) is 12.6. The second kappa shape index (κ2) is 9.44. The molecule has 0 bridgehead atoms. The van der Waals surface area contributed by atoms with Gasteiger partial charge in [0.15, 0.2) is 0 Å². The Morgan fingerprint density at radius 3 is 2.31 bits per heavy atom. The molecular weight excluding hydrogens is 465 g/mol. The molecule has 0 fully saturated rings. The first-order chi connectivity index (χ1) is 16.9. The van der Waals surface area contributed by atoms with Gasteiger partial charge in [0.2, 0.25) is 0 Å². The van der Waals surface area contributed by atoms with Crippen LogP contribution in [0.3, 0.4) is 0 Å². The number of aromatic nitrogens is 2. The zero-order valence-electron chi connectivity index (χ0n) is 18.5. The molecule has 0 saturated carbocycles. The number of hydrogen-bond acceptors (Lipinski definition) is 5. The smallest absolute Gasteiger partial charge is 0.346 e. The van der Waals surface area contributed by atoms with Crippen molar-refractivity contribution >= 4 is 18.6 Å². The van der Waals surface area contributed by atoms with Crippen LogP contribution in [0, 0.1) is 0 Å². The van der Waals surface area contributed by atoms with Crippen molar-refractivity contribution in [3.8, 4) is 16.9 Å². The van der Waals surface area contributed by atoms with Crippen molar-refractivity contribution in [3.05, 3.63) is 119 Å². The van der Waals surface area contributed by atoms with E-state index in [1.807, 2.05) is 66.7 Å². The lowest BCUT2D eigenvalue weighted by Gasteiger charge is -2.20. The summed E-state index contributed by atoms with van der Waals surface area (Å²) in [5.41, 5.74) is 1.76. The third kappa shape index (κ3) is 4.87. The number of nitrogens with one attached hydrogen (secondary N) is 1. The maximum atomic E-state index is 13.0. The highest BCUT2D eigenvalue weighted by Crippen LogP contribution is 2.52. The summed E-state index contributed by atoms with van der Waals surface area (Å²) >= 11 is 0. The number of nitrogens with zero attached hydrogens (tertiary/aromatic N) is 2. The van der Waals surface area contributed by atoms with Crippen LogP contribution in [0.4, 0.5) is 0 Å². The summed E-state index contributed by atoms with van der Waals surface area (Å²) in [6.07, 6.45) is 1.54. The van der Waals surface area contributed by atoms with Crippen LogP contribution in [0.1, 0.15) is 16.9 Å². The molecule has 9 heteroatoms. The lowest BCUT2D eigenvalue weighted by Crippen LogP contribution is -2.22. The molecule has 0 unspecified atom stereocenters. The zero-order chi connectivity index (χ0) is 24.4. The van der Waals surface area contributed by atoms with Gasteiger partial charge in [0, 0.05) is 23.7 Å². The quantitative estimate of drug-likeness (QED) is 0.227. The molecule has 5 aromatic rings. The number of para-hydroxylation sites is 2. The van der Waals surface area contributed by atoms with Gasteiger partial charge in [0.25, 0.3) is 0 Å². The van der Waals surface area contributed by atoms with Crippen LogP contribution in [-0.4, -0.2) is 19.6 Å².